The molecule has 0 saturated carbocycles. The van der Waals surface area contributed by atoms with Gasteiger partial charge in [0.05, 0.1) is 12.8 Å². The van der Waals surface area contributed by atoms with E-state index in [1.54, 1.807) is 13.2 Å². The highest BCUT2D eigenvalue weighted by atomic mass is 19.1. The van der Waals surface area contributed by atoms with E-state index >= 15 is 0 Å². The van der Waals surface area contributed by atoms with E-state index in [1.807, 2.05) is 18.2 Å². The SMILES string of the molecule is COc1ccc2c3c([nH]c2c1)-c1cc(F)ccc1C3. The van der Waals surface area contributed by atoms with Gasteiger partial charge >= 0.3 is 0 Å². The van der Waals surface area contributed by atoms with Crippen LogP contribution in [0.4, 0.5) is 4.39 Å². The molecule has 2 aromatic carbocycles. The van der Waals surface area contributed by atoms with Gasteiger partial charge in [0, 0.05) is 29.0 Å². The molecule has 0 amide bonds. The van der Waals surface area contributed by atoms with E-state index in [4.69, 9.17) is 4.74 Å². The van der Waals surface area contributed by atoms with Gasteiger partial charge in [-0.1, -0.05) is 6.07 Å². The third-order valence-corrected chi connectivity index (χ3v) is 3.82. The molecule has 0 bridgehead atoms. The summed E-state index contributed by atoms with van der Waals surface area (Å²) in [6.45, 7) is 0. The average molecular weight is 253 g/mol. The van der Waals surface area contributed by atoms with E-state index in [2.05, 4.69) is 11.1 Å². The molecule has 0 unspecified atom stereocenters. The Kier molecular flexibility index (Phi) is 2.01. The number of fused-ring (bicyclic) bond motifs is 5. The average Bonchev–Trinajstić information content (AvgIpc) is 2.94. The number of aromatic nitrogens is 1. The molecule has 1 aliphatic rings. The summed E-state index contributed by atoms with van der Waals surface area (Å²) in [6, 6.07) is 11.0. The van der Waals surface area contributed by atoms with Crippen molar-refractivity contribution < 1.29 is 9.13 Å². The predicted octanol–water partition coefficient (Wildman–Crippen LogP) is 3.89. The van der Waals surface area contributed by atoms with Crippen LogP contribution in [-0.2, 0) is 6.42 Å². The molecular formula is C16H12FNO. The molecule has 0 radical (unpaired) electrons. The molecule has 0 saturated heterocycles. The molecule has 2 nitrogen and oxygen atoms in total. The smallest absolute Gasteiger partial charge is 0.123 e. The maximum absolute atomic E-state index is 13.4. The molecule has 1 N–H and O–H groups in total. The highest BCUT2D eigenvalue weighted by Crippen LogP contribution is 2.41. The van der Waals surface area contributed by atoms with Crippen molar-refractivity contribution in [3.63, 3.8) is 0 Å². The van der Waals surface area contributed by atoms with Gasteiger partial charge in [0.2, 0.25) is 0 Å². The molecule has 1 heterocycles. The minimum atomic E-state index is -0.192. The van der Waals surface area contributed by atoms with Crippen LogP contribution in [0.15, 0.2) is 36.4 Å². The second-order valence-corrected chi connectivity index (χ2v) is 4.87. The Morgan fingerprint density at radius 3 is 2.89 bits per heavy atom. The third kappa shape index (κ3) is 1.41. The standard InChI is InChI=1S/C16H12FNO/c1-19-11-4-5-12-14-6-9-2-3-10(17)7-13(9)16(14)18-15(12)8-11/h2-5,7-8,18H,6H2,1H3. The van der Waals surface area contributed by atoms with Crippen LogP contribution in [0.2, 0.25) is 0 Å². The lowest BCUT2D eigenvalue weighted by molar-refractivity contribution is 0.415. The summed E-state index contributed by atoms with van der Waals surface area (Å²) in [7, 11) is 1.66. The highest BCUT2D eigenvalue weighted by Gasteiger charge is 2.23. The maximum atomic E-state index is 13.4. The van der Waals surface area contributed by atoms with Gasteiger partial charge in [-0.05, 0) is 35.4 Å². The van der Waals surface area contributed by atoms with Gasteiger partial charge in [-0.2, -0.15) is 0 Å². The quantitative estimate of drug-likeness (QED) is 0.547. The van der Waals surface area contributed by atoms with Crippen molar-refractivity contribution in [3.05, 3.63) is 53.3 Å². The number of rotatable bonds is 1. The summed E-state index contributed by atoms with van der Waals surface area (Å²) in [5.41, 5.74) is 5.49. The van der Waals surface area contributed by atoms with Gasteiger partial charge < -0.3 is 9.72 Å². The van der Waals surface area contributed by atoms with Crippen molar-refractivity contribution in [1.82, 2.24) is 4.98 Å². The first kappa shape index (κ1) is 10.6. The van der Waals surface area contributed by atoms with Gasteiger partial charge in [-0.15, -0.1) is 0 Å². The minimum Gasteiger partial charge on any atom is -0.497 e. The summed E-state index contributed by atoms with van der Waals surface area (Å²) in [6.07, 6.45) is 0.858. The molecule has 94 valence electrons. The van der Waals surface area contributed by atoms with Gasteiger partial charge in [0.25, 0.3) is 0 Å². The number of methoxy groups -OCH3 is 1. The molecule has 0 atom stereocenters. The first-order valence-electron chi connectivity index (χ1n) is 6.23. The van der Waals surface area contributed by atoms with Crippen molar-refractivity contribution in [2.24, 2.45) is 0 Å². The molecule has 4 rings (SSSR count). The Morgan fingerprint density at radius 1 is 1.16 bits per heavy atom. The van der Waals surface area contributed by atoms with Gasteiger partial charge in [-0.25, -0.2) is 4.39 Å². The molecule has 0 aliphatic heterocycles. The Labute approximate surface area is 109 Å². The van der Waals surface area contributed by atoms with Gasteiger partial charge in [0.1, 0.15) is 11.6 Å². The van der Waals surface area contributed by atoms with Gasteiger partial charge in [-0.3, -0.25) is 0 Å². The molecule has 0 fully saturated rings. The largest absolute Gasteiger partial charge is 0.497 e. The number of nitrogens with one attached hydrogen (secondary N) is 1. The fraction of sp³-hybridized carbons (Fsp3) is 0.125. The van der Waals surface area contributed by atoms with E-state index in [0.29, 0.717) is 0 Å². The number of benzene rings is 2. The van der Waals surface area contributed by atoms with Crippen molar-refractivity contribution in [1.29, 1.82) is 0 Å². The van der Waals surface area contributed by atoms with E-state index in [9.17, 15) is 4.39 Å². The molecule has 1 aromatic heterocycles. The van der Waals surface area contributed by atoms with E-state index in [0.717, 1.165) is 28.9 Å². The summed E-state index contributed by atoms with van der Waals surface area (Å²) in [5.74, 6) is 0.634. The van der Waals surface area contributed by atoms with Crippen LogP contribution in [0, 0.1) is 5.82 Å². The van der Waals surface area contributed by atoms with Crippen molar-refractivity contribution in [2.45, 2.75) is 6.42 Å². The number of H-pyrrole nitrogens is 1. The normalized spacial score (nSPS) is 12.5. The van der Waals surface area contributed by atoms with Crippen LogP contribution in [0.25, 0.3) is 22.2 Å². The minimum absolute atomic E-state index is 0.192. The number of aromatic amines is 1. The predicted molar refractivity (Wildman–Crippen MR) is 73.1 cm³/mol. The zero-order valence-electron chi connectivity index (χ0n) is 10.5. The van der Waals surface area contributed by atoms with Crippen LogP contribution in [-0.4, -0.2) is 12.1 Å². The van der Waals surface area contributed by atoms with Crippen molar-refractivity contribution in [3.8, 4) is 17.0 Å². The zero-order chi connectivity index (χ0) is 13.0. The number of ether oxygens (including phenoxy) is 1. The molecule has 1 aliphatic carbocycles. The van der Waals surface area contributed by atoms with Crippen LogP contribution in [0.3, 0.4) is 0 Å². The molecular weight excluding hydrogens is 241 g/mol. The molecule has 3 aromatic rings. The first-order valence-corrected chi connectivity index (χ1v) is 6.23. The van der Waals surface area contributed by atoms with Gasteiger partial charge in [0.15, 0.2) is 0 Å². The fourth-order valence-corrected chi connectivity index (χ4v) is 2.90. The van der Waals surface area contributed by atoms with E-state index < -0.39 is 0 Å². The van der Waals surface area contributed by atoms with Crippen LogP contribution >= 0.6 is 0 Å². The Balaban J connectivity index is 1.99. The lowest BCUT2D eigenvalue weighted by Gasteiger charge is -2.01. The number of hydrogen-bond acceptors (Lipinski definition) is 1. The molecule has 0 spiro atoms. The summed E-state index contributed by atoms with van der Waals surface area (Å²) in [5, 5.41) is 1.19. The zero-order valence-corrected chi connectivity index (χ0v) is 10.5. The first-order chi connectivity index (χ1) is 9.26. The lowest BCUT2D eigenvalue weighted by Crippen LogP contribution is -1.85. The topological polar surface area (TPSA) is 25.0 Å². The summed E-state index contributed by atoms with van der Waals surface area (Å²) >= 11 is 0. The fourth-order valence-electron chi connectivity index (χ4n) is 2.90. The van der Waals surface area contributed by atoms with Crippen LogP contribution in [0.1, 0.15) is 11.1 Å². The van der Waals surface area contributed by atoms with Crippen molar-refractivity contribution >= 4 is 10.9 Å². The second-order valence-electron chi connectivity index (χ2n) is 4.87. The van der Waals surface area contributed by atoms with Crippen LogP contribution in [0.5, 0.6) is 5.75 Å². The summed E-state index contributed by atoms with van der Waals surface area (Å²) < 4.78 is 18.6. The second kappa shape index (κ2) is 3.60. The maximum Gasteiger partial charge on any atom is 0.123 e. The van der Waals surface area contributed by atoms with E-state index in [1.165, 1.54) is 22.6 Å². The number of halogens is 1. The lowest BCUT2D eigenvalue weighted by atomic mass is 10.1. The monoisotopic (exact) mass is 253 g/mol. The Morgan fingerprint density at radius 2 is 2.05 bits per heavy atom. The Bertz CT molecular complexity index is 804. The van der Waals surface area contributed by atoms with Crippen molar-refractivity contribution in [2.75, 3.05) is 7.11 Å². The van der Waals surface area contributed by atoms with Crippen LogP contribution < -0.4 is 4.74 Å². The number of hydrogen-bond donors (Lipinski definition) is 1. The third-order valence-electron chi connectivity index (χ3n) is 3.82. The Hall–Kier alpha value is -2.29. The molecule has 19 heavy (non-hydrogen) atoms. The van der Waals surface area contributed by atoms with E-state index in [-0.39, 0.29) is 5.82 Å². The highest BCUT2D eigenvalue weighted by molar-refractivity contribution is 5.95. The molecule has 3 heteroatoms. The summed E-state index contributed by atoms with van der Waals surface area (Å²) in [4.78, 5) is 3.39.